The van der Waals surface area contributed by atoms with E-state index in [1.54, 1.807) is 20.8 Å². The molecule has 3 N–H and O–H groups in total. The average molecular weight is 781 g/mol. The van der Waals surface area contributed by atoms with E-state index in [1.807, 2.05) is 48.5 Å². The van der Waals surface area contributed by atoms with Crippen LogP contribution in [0.1, 0.15) is 59.3 Å². The van der Waals surface area contributed by atoms with Crippen LogP contribution < -0.4 is 15.4 Å². The molecule has 4 aliphatic rings. The summed E-state index contributed by atoms with van der Waals surface area (Å²) in [7, 11) is -3.95. The molecular weight excluding hydrogens is 735 g/mol. The summed E-state index contributed by atoms with van der Waals surface area (Å²) in [4.78, 5) is 72.3. The van der Waals surface area contributed by atoms with Gasteiger partial charge in [0.1, 0.15) is 11.6 Å². The second kappa shape index (κ2) is 13.7. The molecule has 3 heterocycles. The molecule has 55 heavy (non-hydrogen) atoms. The number of hydrogen-bond donors (Lipinski definition) is 3. The second-order valence-corrected chi connectivity index (χ2v) is 18.4. The van der Waals surface area contributed by atoms with Gasteiger partial charge < -0.3 is 20.4 Å². The largest absolute Gasteiger partial charge is 0.339 e. The fourth-order valence-corrected chi connectivity index (χ4v) is 9.41. The number of amides is 5. The van der Waals surface area contributed by atoms with Crippen molar-refractivity contribution in [2.75, 3.05) is 19.6 Å². The Labute approximate surface area is 317 Å². The standard InChI is InChI=1S/C39H46F2N6O7S/c1-5-23-20-39(23,35(51)44-55(53,54)25-14-15-25)43-33(49)31-18-24(42-36(52)47-29-12-8-6-10-26(29)27-11-7-9-13-30(27)47)21-46(31)34(50)28(37(2,3)4)19-32(48)45-17-16-38(40,41)22-45/h5-13,23-25,28,31H,1,14-22H2,2-4H3,(H,42,52)(H,43,49)(H,44,51)/t23?,24-,28-,31+,39?/m1/s1. The average Bonchev–Trinajstić information content (AvgIpc) is 3.99. The summed E-state index contributed by atoms with van der Waals surface area (Å²) in [6, 6.07) is 12.3. The number of fused-ring (bicyclic) bond motifs is 3. The van der Waals surface area contributed by atoms with Gasteiger partial charge in [0.15, 0.2) is 0 Å². The van der Waals surface area contributed by atoms with Crippen molar-refractivity contribution < 1.29 is 41.2 Å². The maximum atomic E-state index is 14.6. The van der Waals surface area contributed by atoms with E-state index in [-0.39, 0.29) is 32.4 Å². The number of para-hydroxylation sites is 2. The Morgan fingerprint density at radius 2 is 1.62 bits per heavy atom. The maximum absolute atomic E-state index is 14.6. The zero-order valence-corrected chi connectivity index (χ0v) is 31.8. The van der Waals surface area contributed by atoms with E-state index in [1.165, 1.54) is 15.5 Å². The SMILES string of the molecule is C=CC1CC1(NC(=O)[C@@H]1C[C@@H](NC(=O)n2c3ccccc3c3ccccc32)CN1C(=O)[C@@H](CC(=O)N1CCC(F)(F)C1)C(C)(C)C)C(=O)NS(=O)(=O)C1CC1. The Hall–Kier alpha value is -4.86. The molecule has 294 valence electrons. The molecule has 2 saturated carbocycles. The summed E-state index contributed by atoms with van der Waals surface area (Å²) in [5.41, 5.74) is -1.18. The van der Waals surface area contributed by atoms with Gasteiger partial charge in [0, 0.05) is 42.6 Å². The third-order valence-corrected chi connectivity index (χ3v) is 13.3. The number of likely N-dealkylation sites (tertiary alicyclic amines) is 2. The minimum Gasteiger partial charge on any atom is -0.339 e. The molecule has 2 aliphatic carbocycles. The molecule has 2 aromatic carbocycles. The molecule has 0 bridgehead atoms. The minimum atomic E-state index is -3.95. The molecule has 13 nitrogen and oxygen atoms in total. The molecule has 2 saturated heterocycles. The molecule has 2 unspecified atom stereocenters. The molecular formula is C39H46F2N6O7S. The zero-order valence-electron chi connectivity index (χ0n) is 31.0. The van der Waals surface area contributed by atoms with E-state index >= 15 is 0 Å². The molecule has 0 radical (unpaired) electrons. The summed E-state index contributed by atoms with van der Waals surface area (Å²) >= 11 is 0. The van der Waals surface area contributed by atoms with Crippen LogP contribution in [0.25, 0.3) is 21.8 Å². The first-order chi connectivity index (χ1) is 25.8. The van der Waals surface area contributed by atoms with Gasteiger partial charge in [0.2, 0.25) is 27.7 Å². The van der Waals surface area contributed by atoms with Gasteiger partial charge in [-0.15, -0.1) is 6.58 Å². The smallest absolute Gasteiger partial charge is 0.326 e. The molecule has 5 amide bonds. The Bertz CT molecular complexity index is 2160. The number of benzene rings is 2. The topological polar surface area (TPSA) is 167 Å². The summed E-state index contributed by atoms with van der Waals surface area (Å²) < 4.78 is 57.2. The van der Waals surface area contributed by atoms with Gasteiger partial charge in [-0.2, -0.15) is 0 Å². The Balaban J connectivity index is 1.18. The van der Waals surface area contributed by atoms with Crippen LogP contribution >= 0.6 is 0 Å². The number of carbonyl (C=O) groups is 5. The Morgan fingerprint density at radius 1 is 1.00 bits per heavy atom. The first-order valence-corrected chi connectivity index (χ1v) is 20.2. The molecule has 7 rings (SSSR count). The molecule has 3 aromatic rings. The number of carbonyl (C=O) groups excluding carboxylic acids is 5. The van der Waals surface area contributed by atoms with Gasteiger partial charge in [-0.05, 0) is 43.2 Å². The number of hydrogen-bond acceptors (Lipinski definition) is 7. The first kappa shape index (κ1) is 38.4. The summed E-state index contributed by atoms with van der Waals surface area (Å²) in [6.45, 7) is 7.95. The highest BCUT2D eigenvalue weighted by atomic mass is 32.2. The van der Waals surface area contributed by atoms with Crippen molar-refractivity contribution in [2.45, 2.75) is 88.1 Å². The van der Waals surface area contributed by atoms with Crippen LogP contribution in [0.5, 0.6) is 0 Å². The van der Waals surface area contributed by atoms with Crippen molar-refractivity contribution in [1.82, 2.24) is 29.7 Å². The van der Waals surface area contributed by atoms with Gasteiger partial charge in [-0.3, -0.25) is 28.5 Å². The van der Waals surface area contributed by atoms with E-state index in [0.717, 1.165) is 15.7 Å². The van der Waals surface area contributed by atoms with Crippen LogP contribution in [0.15, 0.2) is 61.2 Å². The number of rotatable bonds is 10. The Kier molecular flexibility index (Phi) is 9.58. The number of aromatic nitrogens is 1. The third-order valence-electron chi connectivity index (χ3n) is 11.5. The van der Waals surface area contributed by atoms with Crippen LogP contribution in [0.4, 0.5) is 13.6 Å². The highest BCUT2D eigenvalue weighted by Crippen LogP contribution is 2.46. The normalized spacial score (nSPS) is 25.4. The molecule has 2 aliphatic heterocycles. The Morgan fingerprint density at radius 3 is 2.15 bits per heavy atom. The number of alkyl halides is 2. The van der Waals surface area contributed by atoms with Gasteiger partial charge in [0.25, 0.3) is 11.8 Å². The maximum Gasteiger partial charge on any atom is 0.326 e. The molecule has 4 fully saturated rings. The predicted molar refractivity (Wildman–Crippen MR) is 200 cm³/mol. The van der Waals surface area contributed by atoms with Gasteiger partial charge >= 0.3 is 6.03 Å². The van der Waals surface area contributed by atoms with Crippen molar-refractivity contribution in [3.63, 3.8) is 0 Å². The number of nitrogens with zero attached hydrogens (tertiary/aromatic N) is 3. The van der Waals surface area contributed by atoms with Gasteiger partial charge in [-0.25, -0.2) is 22.0 Å². The van der Waals surface area contributed by atoms with E-state index in [4.69, 9.17) is 0 Å². The summed E-state index contributed by atoms with van der Waals surface area (Å²) in [6.07, 6.45) is 1.46. The van der Waals surface area contributed by atoms with Crippen molar-refractivity contribution in [3.05, 3.63) is 61.2 Å². The van der Waals surface area contributed by atoms with Crippen molar-refractivity contribution in [1.29, 1.82) is 0 Å². The quantitative estimate of drug-likeness (QED) is 0.263. The number of nitrogens with one attached hydrogen (secondary N) is 3. The lowest BCUT2D eigenvalue weighted by Gasteiger charge is -2.35. The minimum absolute atomic E-state index is 0.0690. The summed E-state index contributed by atoms with van der Waals surface area (Å²) in [5, 5.41) is 6.77. The molecule has 0 spiro atoms. The highest BCUT2D eigenvalue weighted by Gasteiger charge is 2.62. The van der Waals surface area contributed by atoms with Crippen molar-refractivity contribution >= 4 is 61.5 Å². The molecule has 1 aromatic heterocycles. The third kappa shape index (κ3) is 7.32. The fourth-order valence-electron chi connectivity index (χ4n) is 8.05. The zero-order chi connectivity index (χ0) is 39.7. The monoisotopic (exact) mass is 780 g/mol. The van der Waals surface area contributed by atoms with Crippen molar-refractivity contribution in [3.8, 4) is 0 Å². The van der Waals surface area contributed by atoms with Crippen LogP contribution in [-0.4, -0.2) is 101 Å². The highest BCUT2D eigenvalue weighted by molar-refractivity contribution is 7.91. The lowest BCUT2D eigenvalue weighted by atomic mass is 9.77. The summed E-state index contributed by atoms with van der Waals surface area (Å²) in [5.74, 6) is -7.50. The van der Waals surface area contributed by atoms with Gasteiger partial charge in [-0.1, -0.05) is 63.2 Å². The number of sulfonamides is 1. The molecule has 5 atom stereocenters. The van der Waals surface area contributed by atoms with Crippen LogP contribution in [0, 0.1) is 17.3 Å². The van der Waals surface area contributed by atoms with E-state index < -0.39 is 98.7 Å². The van der Waals surface area contributed by atoms with Gasteiger partial charge in [0.05, 0.1) is 34.8 Å². The first-order valence-electron chi connectivity index (χ1n) is 18.6. The number of halogens is 2. The van der Waals surface area contributed by atoms with Crippen molar-refractivity contribution in [2.24, 2.45) is 17.3 Å². The van der Waals surface area contributed by atoms with Crippen LogP contribution in [0.2, 0.25) is 0 Å². The molecule has 16 heteroatoms. The fraction of sp³-hybridized carbons (Fsp3) is 0.513. The van der Waals surface area contributed by atoms with Crippen LogP contribution in [0.3, 0.4) is 0 Å². The lowest BCUT2D eigenvalue weighted by molar-refractivity contribution is -0.148. The van der Waals surface area contributed by atoms with E-state index in [0.29, 0.717) is 23.9 Å². The second-order valence-electron chi connectivity index (χ2n) is 16.5. The van der Waals surface area contributed by atoms with E-state index in [9.17, 15) is 41.2 Å². The predicted octanol–water partition coefficient (Wildman–Crippen LogP) is 3.91. The lowest BCUT2D eigenvalue weighted by Crippen LogP contribution is -2.57. The van der Waals surface area contributed by atoms with Crippen LogP contribution in [-0.2, 0) is 29.2 Å². The van der Waals surface area contributed by atoms with E-state index in [2.05, 4.69) is 21.9 Å².